The van der Waals surface area contributed by atoms with Crippen LogP contribution >= 0.6 is 0 Å². The van der Waals surface area contributed by atoms with Crippen molar-refractivity contribution in [3.05, 3.63) is 83.8 Å². The number of methoxy groups -OCH3 is 1. The number of carboxylic acid groups (broad SMARTS) is 1. The second-order valence-electron chi connectivity index (χ2n) is 6.50. The number of hydrogen-bond acceptors (Lipinski definition) is 6. The van der Waals surface area contributed by atoms with Crippen molar-refractivity contribution in [3.63, 3.8) is 0 Å². The summed E-state index contributed by atoms with van der Waals surface area (Å²) in [5.41, 5.74) is 0.207. The molecular weight excluding hydrogens is 438 g/mol. The van der Waals surface area contributed by atoms with E-state index >= 15 is 0 Å². The molecule has 3 aromatic rings. The zero-order chi connectivity index (χ0) is 23.3. The summed E-state index contributed by atoms with van der Waals surface area (Å²) in [5.74, 6) is -1.55. The zero-order valence-corrected chi connectivity index (χ0v) is 17.7. The number of carboxylic acids is 1. The molecule has 2 N–H and O–H groups in total. The first-order chi connectivity index (χ1) is 15.2. The molecule has 1 amide bonds. The number of rotatable bonds is 8. The van der Waals surface area contributed by atoms with E-state index in [4.69, 9.17) is 4.74 Å². The van der Waals surface area contributed by atoms with Gasteiger partial charge in [-0.3, -0.25) is 13.9 Å². The minimum absolute atomic E-state index is 0.0334. The first kappa shape index (κ1) is 22.6. The zero-order valence-electron chi connectivity index (χ0n) is 16.8. The molecule has 166 valence electrons. The summed E-state index contributed by atoms with van der Waals surface area (Å²) in [7, 11) is -2.87. The van der Waals surface area contributed by atoms with Crippen molar-refractivity contribution in [1.82, 2.24) is 0 Å². The number of hydrogen-bond donors (Lipinski definition) is 2. The van der Waals surface area contributed by atoms with Gasteiger partial charge in [0.1, 0.15) is 12.3 Å². The van der Waals surface area contributed by atoms with Crippen LogP contribution in [0.5, 0.6) is 5.75 Å². The van der Waals surface area contributed by atoms with Crippen LogP contribution in [0.3, 0.4) is 0 Å². The van der Waals surface area contributed by atoms with E-state index in [1.807, 2.05) is 0 Å². The molecule has 0 saturated carbocycles. The SMILES string of the molecule is COc1ccc(S(=O)(=O)N(CC(=O)O)c2ccccc2NC(=O)c2cc[n+]([O-])cc2)cc1. The number of sulfonamides is 1. The number of para-hydroxylation sites is 2. The van der Waals surface area contributed by atoms with Crippen molar-refractivity contribution in [2.24, 2.45) is 0 Å². The van der Waals surface area contributed by atoms with Crippen molar-refractivity contribution < 1.29 is 32.6 Å². The lowest BCUT2D eigenvalue weighted by Crippen LogP contribution is -2.36. The molecule has 0 aliphatic heterocycles. The Balaban J connectivity index is 2.02. The molecule has 0 spiro atoms. The van der Waals surface area contributed by atoms with Gasteiger partial charge in [-0.1, -0.05) is 12.1 Å². The normalized spacial score (nSPS) is 10.9. The highest BCUT2D eigenvalue weighted by Crippen LogP contribution is 2.31. The summed E-state index contributed by atoms with van der Waals surface area (Å²) in [5, 5.41) is 23.1. The predicted molar refractivity (Wildman–Crippen MR) is 115 cm³/mol. The molecule has 2 aromatic carbocycles. The average molecular weight is 457 g/mol. The number of carbonyl (C=O) groups is 2. The number of amides is 1. The van der Waals surface area contributed by atoms with Gasteiger partial charge >= 0.3 is 5.97 Å². The number of anilines is 2. The molecule has 32 heavy (non-hydrogen) atoms. The van der Waals surface area contributed by atoms with Crippen LogP contribution in [0.25, 0.3) is 0 Å². The van der Waals surface area contributed by atoms with Crippen molar-refractivity contribution in [2.45, 2.75) is 4.90 Å². The van der Waals surface area contributed by atoms with Crippen LogP contribution in [-0.2, 0) is 14.8 Å². The molecule has 11 heteroatoms. The quantitative estimate of drug-likeness (QED) is 0.389. The van der Waals surface area contributed by atoms with Crippen LogP contribution in [0.1, 0.15) is 10.4 Å². The molecule has 0 aliphatic carbocycles. The number of nitrogens with zero attached hydrogens (tertiary/aromatic N) is 2. The summed E-state index contributed by atoms with van der Waals surface area (Å²) in [4.78, 5) is 23.9. The maximum absolute atomic E-state index is 13.3. The second kappa shape index (κ2) is 9.35. The molecule has 0 atom stereocenters. The number of aliphatic carboxylic acids is 1. The van der Waals surface area contributed by atoms with E-state index < -0.39 is 28.4 Å². The molecular formula is C21H19N3O7S. The molecule has 0 saturated heterocycles. The summed E-state index contributed by atoms with van der Waals surface area (Å²) >= 11 is 0. The number of ether oxygens (including phenoxy) is 1. The van der Waals surface area contributed by atoms with Crippen molar-refractivity contribution in [2.75, 3.05) is 23.3 Å². The number of pyridine rings is 1. The highest BCUT2D eigenvalue weighted by Gasteiger charge is 2.29. The van der Waals surface area contributed by atoms with Crippen molar-refractivity contribution in [1.29, 1.82) is 0 Å². The molecule has 0 aliphatic rings. The highest BCUT2D eigenvalue weighted by atomic mass is 32.2. The monoisotopic (exact) mass is 457 g/mol. The summed E-state index contributed by atoms with van der Waals surface area (Å²) < 4.78 is 32.8. The van der Waals surface area contributed by atoms with Crippen molar-refractivity contribution in [3.8, 4) is 5.75 Å². The molecule has 1 heterocycles. The topological polar surface area (TPSA) is 140 Å². The van der Waals surface area contributed by atoms with E-state index in [9.17, 15) is 28.3 Å². The molecule has 10 nitrogen and oxygen atoms in total. The molecule has 0 fully saturated rings. The van der Waals surface area contributed by atoms with Gasteiger partial charge in [-0.05, 0) is 36.4 Å². The summed E-state index contributed by atoms with van der Waals surface area (Å²) in [6.45, 7) is -0.872. The predicted octanol–water partition coefficient (Wildman–Crippen LogP) is 1.86. The van der Waals surface area contributed by atoms with Gasteiger partial charge in [-0.2, -0.15) is 4.73 Å². The Morgan fingerprint density at radius 3 is 2.28 bits per heavy atom. The van der Waals surface area contributed by atoms with Crippen LogP contribution in [-0.4, -0.2) is 39.1 Å². The highest BCUT2D eigenvalue weighted by molar-refractivity contribution is 7.92. The number of carbonyl (C=O) groups excluding carboxylic acids is 1. The molecule has 1 aromatic heterocycles. The molecule has 0 radical (unpaired) electrons. The fourth-order valence-corrected chi connectivity index (χ4v) is 4.29. The Bertz CT molecular complexity index is 1230. The Morgan fingerprint density at radius 1 is 1.06 bits per heavy atom. The minimum Gasteiger partial charge on any atom is -0.619 e. The van der Waals surface area contributed by atoms with Crippen LogP contribution in [0.15, 0.2) is 78.0 Å². The molecule has 0 bridgehead atoms. The van der Waals surface area contributed by atoms with Gasteiger partial charge in [0.05, 0.1) is 28.9 Å². The van der Waals surface area contributed by atoms with Crippen LogP contribution in [0.4, 0.5) is 11.4 Å². The smallest absolute Gasteiger partial charge is 0.324 e. The Morgan fingerprint density at radius 2 is 1.69 bits per heavy atom. The Hall–Kier alpha value is -4.12. The summed E-state index contributed by atoms with van der Waals surface area (Å²) in [6, 6.07) is 14.0. The van der Waals surface area contributed by atoms with E-state index in [2.05, 4.69) is 5.32 Å². The second-order valence-corrected chi connectivity index (χ2v) is 8.36. The van der Waals surface area contributed by atoms with E-state index in [0.717, 1.165) is 12.4 Å². The van der Waals surface area contributed by atoms with Gasteiger partial charge in [0.2, 0.25) is 0 Å². The fourth-order valence-electron chi connectivity index (χ4n) is 2.85. The molecule has 3 rings (SSSR count). The van der Waals surface area contributed by atoms with E-state index in [1.165, 1.54) is 61.7 Å². The Kier molecular flexibility index (Phi) is 6.59. The van der Waals surface area contributed by atoms with E-state index in [-0.39, 0.29) is 21.8 Å². The van der Waals surface area contributed by atoms with E-state index in [0.29, 0.717) is 14.8 Å². The third-order valence-electron chi connectivity index (χ3n) is 4.41. The third kappa shape index (κ3) is 4.95. The lowest BCUT2D eigenvalue weighted by molar-refractivity contribution is -0.605. The number of nitrogens with one attached hydrogen (secondary N) is 1. The van der Waals surface area contributed by atoms with E-state index in [1.54, 1.807) is 6.07 Å². The van der Waals surface area contributed by atoms with Gasteiger partial charge in [0.15, 0.2) is 12.4 Å². The third-order valence-corrected chi connectivity index (χ3v) is 6.19. The first-order valence-corrected chi connectivity index (χ1v) is 10.6. The minimum atomic E-state index is -4.30. The standard InChI is InChI=1S/C21H19N3O7S/c1-31-16-6-8-17(9-7-16)32(29,30)24(14-20(25)26)19-5-3-2-4-18(19)22-21(27)15-10-12-23(28)13-11-15/h2-13H,14H2,1H3,(H,22,27)(H,25,26). The van der Waals surface area contributed by atoms with Crippen LogP contribution < -0.4 is 19.1 Å². The van der Waals surface area contributed by atoms with Gasteiger partial charge in [-0.25, -0.2) is 8.42 Å². The van der Waals surface area contributed by atoms with Crippen LogP contribution in [0, 0.1) is 5.21 Å². The number of aromatic nitrogens is 1. The van der Waals surface area contributed by atoms with Crippen LogP contribution in [0.2, 0.25) is 0 Å². The van der Waals surface area contributed by atoms with Gasteiger partial charge in [0.25, 0.3) is 15.9 Å². The van der Waals surface area contributed by atoms with Gasteiger partial charge in [-0.15, -0.1) is 0 Å². The lowest BCUT2D eigenvalue weighted by atomic mass is 10.2. The van der Waals surface area contributed by atoms with Gasteiger partial charge < -0.3 is 20.4 Å². The fraction of sp³-hybridized carbons (Fsp3) is 0.0952. The Labute approximate surface area is 183 Å². The largest absolute Gasteiger partial charge is 0.619 e. The average Bonchev–Trinajstić information content (AvgIpc) is 2.78. The summed E-state index contributed by atoms with van der Waals surface area (Å²) in [6.07, 6.45) is 2.29. The lowest BCUT2D eigenvalue weighted by Gasteiger charge is -2.25. The first-order valence-electron chi connectivity index (χ1n) is 9.20. The molecule has 0 unspecified atom stereocenters. The maximum atomic E-state index is 13.3. The van der Waals surface area contributed by atoms with Gasteiger partial charge in [0, 0.05) is 12.1 Å². The number of benzene rings is 2. The maximum Gasteiger partial charge on any atom is 0.324 e. The van der Waals surface area contributed by atoms with Crippen molar-refractivity contribution >= 4 is 33.3 Å².